The first-order valence-corrected chi connectivity index (χ1v) is 8.40. The van der Waals surface area contributed by atoms with Gasteiger partial charge in [0.25, 0.3) is 0 Å². The summed E-state index contributed by atoms with van der Waals surface area (Å²) in [7, 11) is 0. The molecule has 5 heteroatoms. The predicted molar refractivity (Wildman–Crippen MR) is 82.1 cm³/mol. The highest BCUT2D eigenvalue weighted by molar-refractivity contribution is 8.00. The summed E-state index contributed by atoms with van der Waals surface area (Å²) in [5.74, 6) is -0.478. The van der Waals surface area contributed by atoms with Crippen LogP contribution in [0.15, 0.2) is 24.3 Å². The maximum atomic E-state index is 12.8. The molecule has 0 aromatic heterocycles. The molecule has 1 aliphatic heterocycles. The van der Waals surface area contributed by atoms with E-state index in [1.807, 2.05) is 19.1 Å². The lowest BCUT2D eigenvalue weighted by Crippen LogP contribution is -2.48. The van der Waals surface area contributed by atoms with Gasteiger partial charge < -0.3 is 10.0 Å². The van der Waals surface area contributed by atoms with Gasteiger partial charge >= 0.3 is 5.97 Å². The highest BCUT2D eigenvalue weighted by atomic mass is 32.2. The number of amides is 1. The number of hydrogen-bond donors (Lipinski definition) is 1. The standard InChI is InChI=1S/C16H19NO3S/c1-2-14-17(13(9-21-14)16(19)20)15(18)12-7-10-5-3-4-6-11(10)8-12/h3-6,12-14H,2,7-9H2,1H3,(H,19,20). The number of carboxylic acids is 1. The number of fused-ring (bicyclic) bond motifs is 1. The zero-order chi connectivity index (χ0) is 15.0. The first-order valence-electron chi connectivity index (χ1n) is 7.35. The molecule has 1 aliphatic carbocycles. The van der Waals surface area contributed by atoms with Gasteiger partial charge in [-0.3, -0.25) is 4.79 Å². The van der Waals surface area contributed by atoms with Crippen molar-refractivity contribution in [2.75, 3.05) is 5.75 Å². The van der Waals surface area contributed by atoms with E-state index in [9.17, 15) is 14.7 Å². The van der Waals surface area contributed by atoms with Crippen LogP contribution >= 0.6 is 11.8 Å². The van der Waals surface area contributed by atoms with Crippen molar-refractivity contribution in [1.82, 2.24) is 4.90 Å². The average Bonchev–Trinajstić information content (AvgIpc) is 3.09. The van der Waals surface area contributed by atoms with Crippen LogP contribution in [0.2, 0.25) is 0 Å². The zero-order valence-electron chi connectivity index (χ0n) is 12.0. The van der Waals surface area contributed by atoms with E-state index < -0.39 is 12.0 Å². The first kappa shape index (κ1) is 14.4. The van der Waals surface area contributed by atoms with Crippen LogP contribution in [0, 0.1) is 5.92 Å². The summed E-state index contributed by atoms with van der Waals surface area (Å²) in [6.45, 7) is 2.01. The van der Waals surface area contributed by atoms with Gasteiger partial charge in [0.2, 0.25) is 5.91 Å². The molecule has 4 nitrogen and oxygen atoms in total. The van der Waals surface area contributed by atoms with Crippen molar-refractivity contribution in [3.05, 3.63) is 35.4 Å². The lowest BCUT2D eigenvalue weighted by atomic mass is 10.0. The lowest BCUT2D eigenvalue weighted by molar-refractivity contribution is -0.150. The van der Waals surface area contributed by atoms with E-state index in [0.29, 0.717) is 5.75 Å². The summed E-state index contributed by atoms with van der Waals surface area (Å²) in [6, 6.07) is 7.44. The van der Waals surface area contributed by atoms with Gasteiger partial charge in [-0.25, -0.2) is 4.79 Å². The molecule has 0 radical (unpaired) electrons. The Morgan fingerprint density at radius 2 is 1.90 bits per heavy atom. The van der Waals surface area contributed by atoms with E-state index in [2.05, 4.69) is 12.1 Å². The van der Waals surface area contributed by atoms with Gasteiger partial charge in [0.15, 0.2) is 0 Å². The van der Waals surface area contributed by atoms with E-state index in [4.69, 9.17) is 0 Å². The number of carboxylic acid groups (broad SMARTS) is 1. The van der Waals surface area contributed by atoms with Crippen LogP contribution in [0.1, 0.15) is 24.5 Å². The molecular weight excluding hydrogens is 286 g/mol. The summed E-state index contributed by atoms with van der Waals surface area (Å²) in [5, 5.41) is 9.36. The van der Waals surface area contributed by atoms with Crippen LogP contribution in [0.5, 0.6) is 0 Å². The van der Waals surface area contributed by atoms with Crippen LogP contribution < -0.4 is 0 Å². The van der Waals surface area contributed by atoms with Crippen LogP contribution in [0.3, 0.4) is 0 Å². The summed E-state index contributed by atoms with van der Waals surface area (Å²) < 4.78 is 0. The van der Waals surface area contributed by atoms with Crippen molar-refractivity contribution in [3.63, 3.8) is 0 Å². The third-order valence-electron chi connectivity index (χ3n) is 4.38. The van der Waals surface area contributed by atoms with Crippen LogP contribution in [-0.4, -0.2) is 39.1 Å². The lowest BCUT2D eigenvalue weighted by Gasteiger charge is -2.29. The van der Waals surface area contributed by atoms with Gasteiger partial charge in [0, 0.05) is 11.7 Å². The summed E-state index contributed by atoms with van der Waals surface area (Å²) in [4.78, 5) is 25.9. The molecule has 0 bridgehead atoms. The summed E-state index contributed by atoms with van der Waals surface area (Å²) in [6.07, 6.45) is 2.26. The van der Waals surface area contributed by atoms with Gasteiger partial charge in [-0.1, -0.05) is 31.2 Å². The molecule has 2 unspecified atom stereocenters. The monoisotopic (exact) mass is 305 g/mol. The minimum Gasteiger partial charge on any atom is -0.480 e. The quantitative estimate of drug-likeness (QED) is 0.930. The topological polar surface area (TPSA) is 57.6 Å². The Morgan fingerprint density at radius 3 is 2.43 bits per heavy atom. The van der Waals surface area contributed by atoms with Crippen molar-refractivity contribution in [1.29, 1.82) is 0 Å². The number of hydrogen-bond acceptors (Lipinski definition) is 3. The molecular formula is C16H19NO3S. The number of benzene rings is 1. The second-order valence-electron chi connectivity index (χ2n) is 5.67. The maximum absolute atomic E-state index is 12.8. The molecule has 1 fully saturated rings. The Kier molecular flexibility index (Phi) is 3.93. The molecule has 1 aromatic rings. The molecule has 2 atom stereocenters. The molecule has 1 aromatic carbocycles. The second-order valence-corrected chi connectivity index (χ2v) is 6.88. The zero-order valence-corrected chi connectivity index (χ0v) is 12.8. The second kappa shape index (κ2) is 5.72. The molecule has 0 spiro atoms. The molecule has 1 amide bonds. The third kappa shape index (κ3) is 2.55. The Labute approximate surface area is 128 Å². The van der Waals surface area contributed by atoms with Gasteiger partial charge in [-0.2, -0.15) is 0 Å². The van der Waals surface area contributed by atoms with Gasteiger partial charge in [0.05, 0.1) is 5.37 Å². The first-order chi connectivity index (χ1) is 10.1. The molecule has 3 rings (SSSR count). The van der Waals surface area contributed by atoms with Crippen molar-refractivity contribution in [3.8, 4) is 0 Å². The Balaban J connectivity index is 1.80. The number of carbonyl (C=O) groups is 2. The number of aliphatic carboxylic acids is 1. The highest BCUT2D eigenvalue weighted by Gasteiger charge is 2.43. The smallest absolute Gasteiger partial charge is 0.327 e. The van der Waals surface area contributed by atoms with E-state index in [-0.39, 0.29) is 17.2 Å². The fourth-order valence-corrected chi connectivity index (χ4v) is 4.66. The van der Waals surface area contributed by atoms with Crippen molar-refractivity contribution in [2.24, 2.45) is 5.92 Å². The Bertz CT molecular complexity index is 549. The van der Waals surface area contributed by atoms with Crippen molar-refractivity contribution in [2.45, 2.75) is 37.6 Å². The van der Waals surface area contributed by atoms with Crippen LogP contribution in [0.25, 0.3) is 0 Å². The van der Waals surface area contributed by atoms with E-state index >= 15 is 0 Å². The van der Waals surface area contributed by atoms with Crippen molar-refractivity contribution < 1.29 is 14.7 Å². The third-order valence-corrected chi connectivity index (χ3v) is 5.83. The number of carbonyl (C=O) groups excluding carboxylic acids is 1. The number of rotatable bonds is 3. The predicted octanol–water partition coefficient (Wildman–Crippen LogP) is 2.17. The Hall–Kier alpha value is -1.49. The largest absolute Gasteiger partial charge is 0.480 e. The van der Waals surface area contributed by atoms with E-state index in [0.717, 1.165) is 19.3 Å². The SMILES string of the molecule is CCC1SCC(C(=O)O)N1C(=O)C1Cc2ccccc2C1. The van der Waals surface area contributed by atoms with Crippen molar-refractivity contribution >= 4 is 23.6 Å². The fraction of sp³-hybridized carbons (Fsp3) is 0.500. The highest BCUT2D eigenvalue weighted by Crippen LogP contribution is 2.35. The normalized spacial score (nSPS) is 25.1. The average molecular weight is 305 g/mol. The van der Waals surface area contributed by atoms with Crippen LogP contribution in [-0.2, 0) is 22.4 Å². The molecule has 0 saturated carbocycles. The maximum Gasteiger partial charge on any atom is 0.327 e. The molecule has 21 heavy (non-hydrogen) atoms. The fourth-order valence-electron chi connectivity index (χ4n) is 3.31. The molecule has 1 N–H and O–H groups in total. The summed E-state index contributed by atoms with van der Waals surface area (Å²) in [5.41, 5.74) is 2.45. The summed E-state index contributed by atoms with van der Waals surface area (Å²) >= 11 is 1.58. The number of thioether (sulfide) groups is 1. The van der Waals surface area contributed by atoms with Gasteiger partial charge in [-0.05, 0) is 30.4 Å². The molecule has 1 heterocycles. The van der Waals surface area contributed by atoms with Gasteiger partial charge in [0.1, 0.15) is 6.04 Å². The number of nitrogens with zero attached hydrogens (tertiary/aromatic N) is 1. The van der Waals surface area contributed by atoms with E-state index in [1.165, 1.54) is 11.1 Å². The molecule has 112 valence electrons. The molecule has 2 aliphatic rings. The minimum atomic E-state index is -0.887. The van der Waals surface area contributed by atoms with Crippen LogP contribution in [0.4, 0.5) is 0 Å². The Morgan fingerprint density at radius 1 is 1.29 bits per heavy atom. The van der Waals surface area contributed by atoms with E-state index in [1.54, 1.807) is 16.7 Å². The molecule has 1 saturated heterocycles. The van der Waals surface area contributed by atoms with Gasteiger partial charge in [-0.15, -0.1) is 11.8 Å². The minimum absolute atomic E-state index is 0.00214.